The minimum atomic E-state index is 0.435. The molecule has 0 aliphatic carbocycles. The number of anilines is 5. The molecule has 0 amide bonds. The van der Waals surface area contributed by atoms with E-state index in [1.807, 2.05) is 47.4 Å². The van der Waals surface area contributed by atoms with Crippen LogP contribution in [0.25, 0.3) is 10.2 Å². The fourth-order valence-corrected chi connectivity index (χ4v) is 4.43. The van der Waals surface area contributed by atoms with Crippen molar-refractivity contribution in [2.75, 3.05) is 16.0 Å². The van der Waals surface area contributed by atoms with Crippen LogP contribution >= 0.6 is 11.3 Å². The third kappa shape index (κ3) is 3.95. The summed E-state index contributed by atoms with van der Waals surface area (Å²) in [5.74, 6) is 1.85. The normalized spacial score (nSPS) is 10.9. The maximum absolute atomic E-state index is 6.57. The number of aromatic nitrogens is 4. The van der Waals surface area contributed by atoms with Gasteiger partial charge >= 0.3 is 0 Å². The third-order valence-electron chi connectivity index (χ3n) is 5.07. The van der Waals surface area contributed by atoms with Crippen molar-refractivity contribution in [3.05, 3.63) is 90.4 Å². The second kappa shape index (κ2) is 8.60. The Morgan fingerprint density at radius 1 is 0.938 bits per heavy atom. The number of hydrogen-bond acceptors (Lipinski definition) is 8. The van der Waals surface area contributed by atoms with Gasteiger partial charge in [0, 0.05) is 6.20 Å². The van der Waals surface area contributed by atoms with Crippen LogP contribution in [-0.4, -0.2) is 19.9 Å². The number of nitrogen functional groups attached to an aromatic ring is 1. The van der Waals surface area contributed by atoms with Crippen LogP contribution in [0.2, 0.25) is 0 Å². The van der Waals surface area contributed by atoms with Crippen molar-refractivity contribution < 1.29 is 0 Å². The Bertz CT molecular complexity index is 1350. The Labute approximate surface area is 189 Å². The van der Waals surface area contributed by atoms with E-state index in [0.29, 0.717) is 23.9 Å². The van der Waals surface area contributed by atoms with Gasteiger partial charge in [-0.2, -0.15) is 0 Å². The molecule has 32 heavy (non-hydrogen) atoms. The molecule has 0 spiro atoms. The number of pyridine rings is 1. The van der Waals surface area contributed by atoms with Crippen molar-refractivity contribution in [3.8, 4) is 0 Å². The van der Waals surface area contributed by atoms with Crippen LogP contribution in [0.3, 0.4) is 0 Å². The number of fused-ring (bicyclic) bond motifs is 1. The zero-order chi connectivity index (χ0) is 21.9. The smallest absolute Gasteiger partial charge is 0.189 e. The van der Waals surface area contributed by atoms with Crippen molar-refractivity contribution in [3.63, 3.8) is 0 Å². The second-order valence-electron chi connectivity index (χ2n) is 7.28. The Hall–Kier alpha value is -4.04. The van der Waals surface area contributed by atoms with Gasteiger partial charge in [0.05, 0.1) is 16.8 Å². The molecule has 7 nitrogen and oxygen atoms in total. The quantitative estimate of drug-likeness (QED) is 0.363. The molecule has 0 unspecified atom stereocenters. The first-order valence-electron chi connectivity index (χ1n) is 10.1. The highest BCUT2D eigenvalue weighted by Crippen LogP contribution is 2.35. The molecule has 0 bridgehead atoms. The lowest BCUT2D eigenvalue weighted by molar-refractivity contribution is 0.918. The van der Waals surface area contributed by atoms with Gasteiger partial charge in [0.2, 0.25) is 0 Å². The fraction of sp³-hybridized carbons (Fsp3) is 0.0833. The van der Waals surface area contributed by atoms with Gasteiger partial charge in [-0.25, -0.2) is 19.9 Å². The van der Waals surface area contributed by atoms with Gasteiger partial charge in [-0.3, -0.25) is 0 Å². The van der Waals surface area contributed by atoms with Crippen LogP contribution in [0, 0.1) is 6.92 Å². The number of nitrogens with one attached hydrogen (secondary N) is 1. The number of benzene rings is 2. The van der Waals surface area contributed by atoms with Crippen LogP contribution in [-0.2, 0) is 6.54 Å². The van der Waals surface area contributed by atoms with Gasteiger partial charge in [0.25, 0.3) is 0 Å². The molecule has 0 radical (unpaired) electrons. The molecule has 0 saturated heterocycles. The Balaban J connectivity index is 1.52. The molecule has 3 N–H and O–H groups in total. The van der Waals surface area contributed by atoms with E-state index in [1.165, 1.54) is 6.33 Å². The molecule has 5 aromatic rings. The monoisotopic (exact) mass is 439 g/mol. The highest BCUT2D eigenvalue weighted by atomic mass is 32.1. The van der Waals surface area contributed by atoms with Gasteiger partial charge < -0.3 is 16.0 Å². The summed E-state index contributed by atoms with van der Waals surface area (Å²) < 4.78 is 1.11. The minimum absolute atomic E-state index is 0.435. The van der Waals surface area contributed by atoms with Crippen LogP contribution in [0.5, 0.6) is 0 Å². The Morgan fingerprint density at radius 2 is 1.78 bits per heavy atom. The van der Waals surface area contributed by atoms with E-state index >= 15 is 0 Å². The summed E-state index contributed by atoms with van der Waals surface area (Å²) in [6, 6.07) is 22.1. The summed E-state index contributed by atoms with van der Waals surface area (Å²) in [5, 5.41) is 4.02. The van der Waals surface area contributed by atoms with Crippen LogP contribution in [0.1, 0.15) is 11.1 Å². The molecule has 3 heterocycles. The summed E-state index contributed by atoms with van der Waals surface area (Å²) in [6.45, 7) is 2.62. The zero-order valence-corrected chi connectivity index (χ0v) is 18.3. The topological polar surface area (TPSA) is 92.9 Å². The summed E-state index contributed by atoms with van der Waals surface area (Å²) in [7, 11) is 0. The molecule has 0 aliphatic rings. The Kier molecular flexibility index (Phi) is 5.35. The number of para-hydroxylation sites is 1. The van der Waals surface area contributed by atoms with E-state index in [2.05, 4.69) is 51.5 Å². The number of nitrogens with zero attached hydrogens (tertiary/aromatic N) is 5. The Morgan fingerprint density at radius 3 is 2.56 bits per heavy atom. The molecule has 0 atom stereocenters. The highest BCUT2D eigenvalue weighted by molar-refractivity contribution is 7.22. The maximum Gasteiger partial charge on any atom is 0.189 e. The average Bonchev–Trinajstić information content (AvgIpc) is 3.24. The van der Waals surface area contributed by atoms with Crippen molar-refractivity contribution >= 4 is 49.8 Å². The molecule has 3 aromatic heterocycles. The molecule has 2 aromatic carbocycles. The fourth-order valence-electron chi connectivity index (χ4n) is 3.49. The minimum Gasteiger partial charge on any atom is -0.393 e. The summed E-state index contributed by atoms with van der Waals surface area (Å²) in [6.07, 6.45) is 3.26. The molecule has 0 saturated carbocycles. The van der Waals surface area contributed by atoms with Crippen LogP contribution < -0.4 is 16.0 Å². The van der Waals surface area contributed by atoms with E-state index in [-0.39, 0.29) is 0 Å². The zero-order valence-electron chi connectivity index (χ0n) is 17.4. The predicted molar refractivity (Wildman–Crippen MR) is 131 cm³/mol. The van der Waals surface area contributed by atoms with Crippen LogP contribution in [0.4, 0.5) is 28.3 Å². The van der Waals surface area contributed by atoms with E-state index in [4.69, 9.17) is 10.7 Å². The lowest BCUT2D eigenvalue weighted by atomic mass is 10.2. The number of thiazole rings is 1. The maximum atomic E-state index is 6.57. The number of nitrogens with two attached hydrogens (primary N) is 1. The summed E-state index contributed by atoms with van der Waals surface area (Å²) in [4.78, 5) is 20.1. The van der Waals surface area contributed by atoms with E-state index in [0.717, 1.165) is 32.3 Å². The average molecular weight is 440 g/mol. The first-order valence-corrected chi connectivity index (χ1v) is 11.0. The van der Waals surface area contributed by atoms with Crippen molar-refractivity contribution in [1.82, 2.24) is 19.9 Å². The van der Waals surface area contributed by atoms with E-state index < -0.39 is 0 Å². The van der Waals surface area contributed by atoms with Crippen molar-refractivity contribution in [2.45, 2.75) is 13.5 Å². The van der Waals surface area contributed by atoms with Gasteiger partial charge in [-0.05, 0) is 36.2 Å². The molecule has 0 fully saturated rings. The first kappa shape index (κ1) is 19.9. The van der Waals surface area contributed by atoms with Crippen LogP contribution in [0.15, 0.2) is 79.3 Å². The van der Waals surface area contributed by atoms with Crippen molar-refractivity contribution in [2.24, 2.45) is 0 Å². The standard InChI is InChI=1S/C24H21N7S/c1-16-8-7-11-18-21(16)29-24(32-18)30-22-20(25)23(28-15-27-22)31(19-12-5-6-13-26-19)14-17-9-3-2-4-10-17/h2-13,15H,14,25H2,1H3,(H,27,28,29,30). The van der Waals surface area contributed by atoms with E-state index in [1.54, 1.807) is 17.5 Å². The summed E-state index contributed by atoms with van der Waals surface area (Å²) >= 11 is 1.56. The lowest BCUT2D eigenvalue weighted by Crippen LogP contribution is -2.21. The molecule has 158 valence electrons. The molecule has 0 aliphatic heterocycles. The number of hydrogen-bond donors (Lipinski definition) is 2. The predicted octanol–water partition coefficient (Wildman–Crippen LogP) is 5.45. The van der Waals surface area contributed by atoms with Gasteiger partial charge in [-0.1, -0.05) is 59.9 Å². The van der Waals surface area contributed by atoms with Gasteiger partial charge in [-0.15, -0.1) is 0 Å². The molecule has 5 rings (SSSR count). The van der Waals surface area contributed by atoms with Gasteiger partial charge in [0.15, 0.2) is 16.8 Å². The molecular weight excluding hydrogens is 418 g/mol. The lowest BCUT2D eigenvalue weighted by Gasteiger charge is -2.24. The second-order valence-corrected chi connectivity index (χ2v) is 8.32. The SMILES string of the molecule is Cc1cccc2sc(Nc3ncnc(N(Cc4ccccc4)c4ccccn4)c3N)nc12. The van der Waals surface area contributed by atoms with Gasteiger partial charge in [0.1, 0.15) is 17.8 Å². The number of rotatable bonds is 6. The third-order valence-corrected chi connectivity index (χ3v) is 6.01. The summed E-state index contributed by atoms with van der Waals surface area (Å²) in [5.41, 5.74) is 10.2. The largest absolute Gasteiger partial charge is 0.393 e. The first-order chi connectivity index (χ1) is 15.7. The highest BCUT2D eigenvalue weighted by Gasteiger charge is 2.19. The number of aryl methyl sites for hydroxylation is 1. The van der Waals surface area contributed by atoms with E-state index in [9.17, 15) is 0 Å². The molecule has 8 heteroatoms. The molecular formula is C24H21N7S. The van der Waals surface area contributed by atoms with Crippen molar-refractivity contribution in [1.29, 1.82) is 0 Å².